The number of piperidine rings is 1. The van der Waals surface area contributed by atoms with E-state index in [-0.39, 0.29) is 25.0 Å². The number of ether oxygens (including phenoxy) is 1. The second-order valence-electron chi connectivity index (χ2n) is 9.30. The van der Waals surface area contributed by atoms with Crippen LogP contribution in [0.2, 0.25) is 0 Å². The van der Waals surface area contributed by atoms with Crippen molar-refractivity contribution in [2.45, 2.75) is 45.8 Å². The molecule has 0 saturated carbocycles. The predicted octanol–water partition coefficient (Wildman–Crippen LogP) is 5.40. The fourth-order valence-electron chi connectivity index (χ4n) is 4.59. The number of likely N-dealkylation sites (tertiary alicyclic amines) is 1. The SMILES string of the molecule is Cc1cc(OCc2c(F)cccc2F)c2nc(C)c(-c3cnn(CCN4CCC(F)(F)CC4)c3)n2c1. The molecule has 1 saturated heterocycles. The Morgan fingerprint density at radius 3 is 2.47 bits per heavy atom. The minimum Gasteiger partial charge on any atom is -0.485 e. The smallest absolute Gasteiger partial charge is 0.250 e. The van der Waals surface area contributed by atoms with Gasteiger partial charge in [-0.15, -0.1) is 0 Å². The average molecular weight is 502 g/mol. The van der Waals surface area contributed by atoms with Crippen molar-refractivity contribution in [3.63, 3.8) is 0 Å². The molecule has 0 unspecified atom stereocenters. The van der Waals surface area contributed by atoms with Crippen molar-refractivity contribution in [2.24, 2.45) is 0 Å². The van der Waals surface area contributed by atoms with Gasteiger partial charge in [0, 0.05) is 50.4 Å². The number of hydrogen-bond acceptors (Lipinski definition) is 4. The van der Waals surface area contributed by atoms with E-state index in [1.807, 2.05) is 35.5 Å². The maximum atomic E-state index is 14.1. The monoisotopic (exact) mass is 501 g/mol. The molecule has 5 rings (SSSR count). The molecule has 1 aliphatic heterocycles. The first-order valence-electron chi connectivity index (χ1n) is 11.9. The molecule has 36 heavy (non-hydrogen) atoms. The first kappa shape index (κ1) is 24.3. The fraction of sp³-hybridized carbons (Fsp3) is 0.385. The Bertz CT molecular complexity index is 1370. The number of rotatable bonds is 7. The molecule has 1 fully saturated rings. The van der Waals surface area contributed by atoms with E-state index >= 15 is 0 Å². The molecule has 190 valence electrons. The molecule has 0 amide bonds. The third-order valence-corrected chi connectivity index (χ3v) is 6.57. The second-order valence-corrected chi connectivity index (χ2v) is 9.30. The van der Waals surface area contributed by atoms with Crippen LogP contribution in [0.3, 0.4) is 0 Å². The van der Waals surface area contributed by atoms with Crippen molar-refractivity contribution in [3.8, 4) is 17.0 Å². The van der Waals surface area contributed by atoms with Crippen molar-refractivity contribution in [1.82, 2.24) is 24.1 Å². The largest absolute Gasteiger partial charge is 0.485 e. The summed E-state index contributed by atoms with van der Waals surface area (Å²) in [5.41, 5.74) is 3.72. The molecular formula is C26H27F4N5O. The van der Waals surface area contributed by atoms with Gasteiger partial charge in [0.2, 0.25) is 0 Å². The van der Waals surface area contributed by atoms with Crippen LogP contribution >= 0.6 is 0 Å². The molecule has 0 N–H and O–H groups in total. The minimum atomic E-state index is -2.56. The van der Waals surface area contributed by atoms with Crippen molar-refractivity contribution in [2.75, 3.05) is 19.6 Å². The molecule has 0 spiro atoms. The van der Waals surface area contributed by atoms with Gasteiger partial charge in [0.15, 0.2) is 11.4 Å². The van der Waals surface area contributed by atoms with Crippen LogP contribution < -0.4 is 4.74 Å². The highest BCUT2D eigenvalue weighted by atomic mass is 19.3. The standard InChI is InChI=1S/C26H27F4N5O/c1-17-12-23(36-16-20-21(27)4-3-5-22(20)28)25-32-18(2)24(35(25)14-17)19-13-31-34(15-19)11-10-33-8-6-26(29,30)7-9-33/h3-5,12-15H,6-11,16H2,1-2H3. The van der Waals surface area contributed by atoms with Gasteiger partial charge in [0.1, 0.15) is 18.2 Å². The maximum Gasteiger partial charge on any atom is 0.250 e. The zero-order chi connectivity index (χ0) is 25.4. The molecule has 1 aliphatic rings. The number of alkyl halides is 2. The minimum absolute atomic E-state index is 0.105. The third kappa shape index (κ3) is 4.95. The van der Waals surface area contributed by atoms with Crippen LogP contribution in [0.4, 0.5) is 17.6 Å². The van der Waals surface area contributed by atoms with E-state index in [1.165, 1.54) is 18.2 Å². The second kappa shape index (κ2) is 9.57. The Morgan fingerprint density at radius 1 is 1.03 bits per heavy atom. The Hall–Kier alpha value is -3.40. The van der Waals surface area contributed by atoms with E-state index in [9.17, 15) is 17.6 Å². The van der Waals surface area contributed by atoms with E-state index in [0.29, 0.717) is 37.6 Å². The van der Waals surface area contributed by atoms with Crippen LogP contribution in [0.5, 0.6) is 5.75 Å². The lowest BCUT2D eigenvalue weighted by Crippen LogP contribution is -2.40. The van der Waals surface area contributed by atoms with Crippen molar-refractivity contribution >= 4 is 5.65 Å². The lowest BCUT2D eigenvalue weighted by molar-refractivity contribution is -0.0555. The Kier molecular flexibility index (Phi) is 6.46. The van der Waals surface area contributed by atoms with Crippen LogP contribution in [0, 0.1) is 25.5 Å². The topological polar surface area (TPSA) is 47.6 Å². The number of hydrogen-bond donors (Lipinski definition) is 0. The summed E-state index contributed by atoms with van der Waals surface area (Å²) in [7, 11) is 0. The summed E-state index contributed by atoms with van der Waals surface area (Å²) in [4.78, 5) is 6.70. The summed E-state index contributed by atoms with van der Waals surface area (Å²) < 4.78 is 64.5. The molecular weight excluding hydrogens is 474 g/mol. The molecule has 4 heterocycles. The molecule has 4 aromatic rings. The number of pyridine rings is 1. The summed E-state index contributed by atoms with van der Waals surface area (Å²) in [5.74, 6) is -3.46. The number of aromatic nitrogens is 4. The first-order chi connectivity index (χ1) is 17.2. The lowest BCUT2D eigenvalue weighted by Gasteiger charge is -2.31. The quantitative estimate of drug-likeness (QED) is 0.318. The summed E-state index contributed by atoms with van der Waals surface area (Å²) in [6.45, 7) is 5.51. The van der Waals surface area contributed by atoms with Gasteiger partial charge < -0.3 is 9.64 Å². The van der Waals surface area contributed by atoms with Gasteiger partial charge in [0.25, 0.3) is 5.92 Å². The number of benzene rings is 1. The van der Waals surface area contributed by atoms with Gasteiger partial charge in [0.05, 0.1) is 29.7 Å². The molecule has 0 aliphatic carbocycles. The van der Waals surface area contributed by atoms with E-state index in [0.717, 1.165) is 22.5 Å². The predicted molar refractivity (Wildman–Crippen MR) is 127 cm³/mol. The van der Waals surface area contributed by atoms with Gasteiger partial charge in [-0.3, -0.25) is 9.08 Å². The van der Waals surface area contributed by atoms with E-state index in [4.69, 9.17) is 4.74 Å². The number of fused-ring (bicyclic) bond motifs is 1. The van der Waals surface area contributed by atoms with Gasteiger partial charge in [-0.05, 0) is 37.6 Å². The molecule has 0 atom stereocenters. The maximum absolute atomic E-state index is 14.1. The number of nitrogens with zero attached hydrogens (tertiary/aromatic N) is 5. The zero-order valence-corrected chi connectivity index (χ0v) is 20.1. The zero-order valence-electron chi connectivity index (χ0n) is 20.1. The summed E-state index contributed by atoms with van der Waals surface area (Å²) in [6.07, 6.45) is 5.37. The molecule has 1 aromatic carbocycles. The third-order valence-electron chi connectivity index (χ3n) is 6.57. The highest BCUT2D eigenvalue weighted by molar-refractivity contribution is 5.69. The van der Waals surface area contributed by atoms with Gasteiger partial charge in [-0.2, -0.15) is 5.10 Å². The van der Waals surface area contributed by atoms with Crippen LogP contribution in [-0.4, -0.2) is 49.6 Å². The van der Waals surface area contributed by atoms with E-state index in [2.05, 4.69) is 10.1 Å². The number of halogens is 4. The van der Waals surface area contributed by atoms with Gasteiger partial charge >= 0.3 is 0 Å². The van der Waals surface area contributed by atoms with Crippen molar-refractivity contribution < 1.29 is 22.3 Å². The average Bonchev–Trinajstić information content (AvgIpc) is 3.41. The Morgan fingerprint density at radius 2 is 1.75 bits per heavy atom. The van der Waals surface area contributed by atoms with Crippen LogP contribution in [0.25, 0.3) is 16.9 Å². The lowest BCUT2D eigenvalue weighted by atomic mass is 10.1. The highest BCUT2D eigenvalue weighted by Crippen LogP contribution is 2.31. The summed E-state index contributed by atoms with van der Waals surface area (Å²) in [6, 6.07) is 5.50. The van der Waals surface area contributed by atoms with Crippen LogP contribution in [0.15, 0.2) is 42.9 Å². The summed E-state index contributed by atoms with van der Waals surface area (Å²) >= 11 is 0. The molecule has 3 aromatic heterocycles. The van der Waals surface area contributed by atoms with E-state index < -0.39 is 17.6 Å². The van der Waals surface area contributed by atoms with Crippen LogP contribution in [-0.2, 0) is 13.2 Å². The molecule has 0 bridgehead atoms. The highest BCUT2D eigenvalue weighted by Gasteiger charge is 2.33. The van der Waals surface area contributed by atoms with Crippen molar-refractivity contribution in [3.05, 3.63) is 71.3 Å². The number of imidazole rings is 1. The Balaban J connectivity index is 1.36. The van der Waals surface area contributed by atoms with Crippen LogP contribution in [0.1, 0.15) is 29.7 Å². The Labute approximate surface area is 206 Å². The number of aryl methyl sites for hydroxylation is 2. The van der Waals surface area contributed by atoms with E-state index in [1.54, 1.807) is 16.9 Å². The normalized spacial score (nSPS) is 16.1. The van der Waals surface area contributed by atoms with Gasteiger partial charge in [-0.1, -0.05) is 6.07 Å². The fourth-order valence-corrected chi connectivity index (χ4v) is 4.59. The van der Waals surface area contributed by atoms with Gasteiger partial charge in [-0.25, -0.2) is 22.5 Å². The van der Waals surface area contributed by atoms with Crippen molar-refractivity contribution in [1.29, 1.82) is 0 Å². The molecule has 10 heteroatoms. The molecule has 0 radical (unpaired) electrons. The summed E-state index contributed by atoms with van der Waals surface area (Å²) in [5, 5.41) is 4.46. The molecule has 6 nitrogen and oxygen atoms in total. The first-order valence-corrected chi connectivity index (χ1v) is 11.9.